The monoisotopic (exact) mass is 510 g/mol. The van der Waals surface area contributed by atoms with Crippen molar-refractivity contribution in [1.29, 1.82) is 0 Å². The number of guanidine groups is 1. The minimum atomic E-state index is 0. The van der Waals surface area contributed by atoms with Crippen molar-refractivity contribution in [2.24, 2.45) is 12.0 Å². The summed E-state index contributed by atoms with van der Waals surface area (Å²) in [6.45, 7) is 3.41. The van der Waals surface area contributed by atoms with Crippen LogP contribution < -0.4 is 5.32 Å². The quantitative estimate of drug-likeness (QED) is 0.280. The Bertz CT molecular complexity index is 669. The number of hydrogen-bond donors (Lipinski definition) is 1. The lowest BCUT2D eigenvalue weighted by atomic mass is 10.3. The van der Waals surface area contributed by atoms with Gasteiger partial charge in [-0.2, -0.15) is 4.98 Å². The number of rotatable bonds is 6. The second-order valence-electron chi connectivity index (χ2n) is 5.43. The van der Waals surface area contributed by atoms with Gasteiger partial charge in [-0.3, -0.25) is 4.99 Å². The van der Waals surface area contributed by atoms with E-state index in [4.69, 9.17) is 4.52 Å². The molecule has 0 saturated carbocycles. The Morgan fingerprint density at radius 3 is 2.79 bits per heavy atom. The van der Waals surface area contributed by atoms with E-state index in [0.717, 1.165) is 36.4 Å². The Morgan fingerprint density at radius 2 is 2.25 bits per heavy atom. The third-order valence-corrected chi connectivity index (χ3v) is 3.90. The summed E-state index contributed by atoms with van der Waals surface area (Å²) in [4.78, 5) is 10.6. The molecule has 0 spiro atoms. The van der Waals surface area contributed by atoms with E-state index in [1.54, 1.807) is 7.05 Å². The van der Waals surface area contributed by atoms with Crippen LogP contribution in [0.2, 0.25) is 0 Å². The number of hydrogen-bond acceptors (Lipinski definition) is 4. The molecule has 2 rings (SSSR count). The van der Waals surface area contributed by atoms with Gasteiger partial charge in [0.2, 0.25) is 5.89 Å². The summed E-state index contributed by atoms with van der Waals surface area (Å²) in [6, 6.07) is 2.11. The minimum absolute atomic E-state index is 0. The highest BCUT2D eigenvalue weighted by Crippen LogP contribution is 2.14. The van der Waals surface area contributed by atoms with Crippen LogP contribution >= 0.6 is 39.9 Å². The molecule has 2 aromatic rings. The average molecular weight is 511 g/mol. The van der Waals surface area contributed by atoms with Gasteiger partial charge in [-0.1, -0.05) is 5.16 Å². The zero-order chi connectivity index (χ0) is 16.8. The van der Waals surface area contributed by atoms with E-state index < -0.39 is 0 Å². The highest BCUT2D eigenvalue weighted by molar-refractivity contribution is 14.0. The lowest BCUT2D eigenvalue weighted by Crippen LogP contribution is -2.39. The predicted octanol–water partition coefficient (Wildman–Crippen LogP) is 2.74. The molecular weight excluding hydrogens is 487 g/mol. The first-order valence-corrected chi connectivity index (χ1v) is 8.30. The lowest BCUT2D eigenvalue weighted by Gasteiger charge is -2.22. The molecule has 0 amide bonds. The number of halogens is 2. The summed E-state index contributed by atoms with van der Waals surface area (Å²) in [7, 11) is 5.86. The van der Waals surface area contributed by atoms with Gasteiger partial charge < -0.3 is 19.3 Å². The van der Waals surface area contributed by atoms with E-state index in [1.807, 2.05) is 27.2 Å². The Hall–Kier alpha value is -1.10. The van der Waals surface area contributed by atoms with Crippen molar-refractivity contribution in [2.45, 2.75) is 26.3 Å². The molecule has 0 atom stereocenters. The first kappa shape index (κ1) is 20.9. The molecule has 134 valence electrons. The van der Waals surface area contributed by atoms with Crippen molar-refractivity contribution in [3.05, 3.63) is 34.1 Å². The fraction of sp³-hybridized carbons (Fsp3) is 0.533. The van der Waals surface area contributed by atoms with Crippen LogP contribution in [-0.2, 0) is 20.0 Å². The van der Waals surface area contributed by atoms with Gasteiger partial charge in [0.1, 0.15) is 0 Å². The summed E-state index contributed by atoms with van der Waals surface area (Å²) in [5.41, 5.74) is 1.21. The number of aryl methyl sites for hydroxylation is 3. The van der Waals surface area contributed by atoms with E-state index in [9.17, 15) is 0 Å². The van der Waals surface area contributed by atoms with Crippen molar-refractivity contribution >= 4 is 45.9 Å². The first-order chi connectivity index (χ1) is 11.0. The average Bonchev–Trinajstić information content (AvgIpc) is 3.04. The van der Waals surface area contributed by atoms with Gasteiger partial charge in [0, 0.05) is 50.5 Å². The highest BCUT2D eigenvalue weighted by atomic mass is 127. The van der Waals surface area contributed by atoms with Gasteiger partial charge >= 0.3 is 0 Å². The van der Waals surface area contributed by atoms with Crippen molar-refractivity contribution in [1.82, 2.24) is 24.9 Å². The SMILES string of the molecule is CN=C(NCCCc1nc(C)no1)N(C)Cc1cc(Br)cn1C.I. The Balaban J connectivity index is 0.00000288. The molecule has 0 unspecified atom stereocenters. The molecule has 24 heavy (non-hydrogen) atoms. The standard InChI is InChI=1S/C15H23BrN6O.HI/c1-11-19-14(23-20-11)6-5-7-18-15(17-2)22(4)10-13-8-12(16)9-21(13)3;/h8-9H,5-7,10H2,1-4H3,(H,17,18);1H. The van der Waals surface area contributed by atoms with E-state index in [1.165, 1.54) is 5.69 Å². The maximum atomic E-state index is 5.10. The fourth-order valence-electron chi connectivity index (χ4n) is 2.31. The number of nitrogens with one attached hydrogen (secondary N) is 1. The Kier molecular flexibility index (Phi) is 8.74. The predicted molar refractivity (Wildman–Crippen MR) is 109 cm³/mol. The van der Waals surface area contributed by atoms with Crippen LogP contribution in [0, 0.1) is 6.92 Å². The van der Waals surface area contributed by atoms with Gasteiger partial charge in [0.25, 0.3) is 0 Å². The second kappa shape index (κ2) is 10.0. The summed E-state index contributed by atoms with van der Waals surface area (Å²) in [5, 5.41) is 7.15. The molecule has 2 aromatic heterocycles. The van der Waals surface area contributed by atoms with Crippen LogP contribution in [0.5, 0.6) is 0 Å². The Morgan fingerprint density at radius 1 is 1.50 bits per heavy atom. The van der Waals surface area contributed by atoms with Crippen molar-refractivity contribution in [2.75, 3.05) is 20.6 Å². The molecule has 9 heteroatoms. The summed E-state index contributed by atoms with van der Waals surface area (Å²) < 4.78 is 8.29. The number of aliphatic imine (C=N–C) groups is 1. The lowest BCUT2D eigenvalue weighted by molar-refractivity contribution is 0.371. The third-order valence-electron chi connectivity index (χ3n) is 3.47. The molecule has 0 fully saturated rings. The van der Waals surface area contributed by atoms with Crippen LogP contribution in [0.15, 0.2) is 26.3 Å². The van der Waals surface area contributed by atoms with Gasteiger partial charge in [-0.15, -0.1) is 24.0 Å². The van der Waals surface area contributed by atoms with E-state index >= 15 is 0 Å². The smallest absolute Gasteiger partial charge is 0.226 e. The van der Waals surface area contributed by atoms with E-state index in [-0.39, 0.29) is 24.0 Å². The van der Waals surface area contributed by atoms with Gasteiger partial charge in [-0.25, -0.2) is 0 Å². The zero-order valence-electron chi connectivity index (χ0n) is 14.4. The van der Waals surface area contributed by atoms with Gasteiger partial charge in [-0.05, 0) is 35.3 Å². The van der Waals surface area contributed by atoms with Crippen molar-refractivity contribution in [3.63, 3.8) is 0 Å². The molecule has 0 radical (unpaired) electrons. The van der Waals surface area contributed by atoms with Crippen LogP contribution in [0.3, 0.4) is 0 Å². The van der Waals surface area contributed by atoms with E-state index in [2.05, 4.69) is 51.9 Å². The Labute approximate surface area is 168 Å². The minimum Gasteiger partial charge on any atom is -0.356 e. The van der Waals surface area contributed by atoms with Crippen LogP contribution in [-0.4, -0.2) is 46.2 Å². The normalized spacial score (nSPS) is 11.3. The topological polar surface area (TPSA) is 71.5 Å². The summed E-state index contributed by atoms with van der Waals surface area (Å²) in [5.74, 6) is 2.22. The van der Waals surface area contributed by atoms with Gasteiger partial charge in [0.15, 0.2) is 11.8 Å². The molecule has 7 nitrogen and oxygen atoms in total. The summed E-state index contributed by atoms with van der Waals surface area (Å²) >= 11 is 3.50. The molecule has 1 N–H and O–H groups in total. The van der Waals surface area contributed by atoms with Gasteiger partial charge in [0.05, 0.1) is 6.54 Å². The third kappa shape index (κ3) is 6.08. The molecule has 0 aromatic carbocycles. The first-order valence-electron chi connectivity index (χ1n) is 7.51. The molecule has 0 aliphatic rings. The van der Waals surface area contributed by atoms with Crippen LogP contribution in [0.1, 0.15) is 23.8 Å². The van der Waals surface area contributed by atoms with Crippen molar-refractivity contribution < 1.29 is 4.52 Å². The second-order valence-corrected chi connectivity index (χ2v) is 6.35. The van der Waals surface area contributed by atoms with Crippen molar-refractivity contribution in [3.8, 4) is 0 Å². The largest absolute Gasteiger partial charge is 0.356 e. The fourth-order valence-corrected chi connectivity index (χ4v) is 2.88. The molecule has 0 bridgehead atoms. The molecule has 2 heterocycles. The number of aromatic nitrogens is 3. The molecule has 0 saturated heterocycles. The molecule has 0 aliphatic carbocycles. The maximum Gasteiger partial charge on any atom is 0.226 e. The highest BCUT2D eigenvalue weighted by Gasteiger charge is 2.09. The summed E-state index contributed by atoms with van der Waals surface area (Å²) in [6.07, 6.45) is 3.72. The zero-order valence-corrected chi connectivity index (χ0v) is 18.3. The number of nitrogens with zero attached hydrogens (tertiary/aromatic N) is 5. The molecular formula is C15H24BrIN6O. The van der Waals surface area contributed by atoms with Crippen LogP contribution in [0.25, 0.3) is 0 Å². The van der Waals surface area contributed by atoms with E-state index in [0.29, 0.717) is 11.7 Å². The molecule has 0 aliphatic heterocycles. The van der Waals surface area contributed by atoms with Crippen LogP contribution in [0.4, 0.5) is 0 Å². The maximum absolute atomic E-state index is 5.10.